The van der Waals surface area contributed by atoms with Crippen LogP contribution in [0.3, 0.4) is 0 Å². The number of carbonyl (C=O) groups is 2. The minimum atomic E-state index is -0.845. The molecule has 0 aromatic heterocycles. The fraction of sp³-hybridized carbons (Fsp3) is 0.860. The van der Waals surface area contributed by atoms with Crippen molar-refractivity contribution < 1.29 is 24.5 Å². The maximum atomic E-state index is 12.6. The smallest absolute Gasteiger partial charge is 0.305 e. The first-order valence-electron chi connectivity index (χ1n) is 41.6. The molecule has 3 N–H and O–H groups in total. The summed E-state index contributed by atoms with van der Waals surface area (Å²) in [7, 11) is 0. The minimum absolute atomic E-state index is 0.00912. The van der Waals surface area contributed by atoms with Crippen LogP contribution in [0.4, 0.5) is 0 Å². The van der Waals surface area contributed by atoms with Gasteiger partial charge in [0.05, 0.1) is 25.4 Å². The largest absolute Gasteiger partial charge is 0.466 e. The number of allylic oxidation sites excluding steroid dienone is 9. The van der Waals surface area contributed by atoms with Gasteiger partial charge in [-0.05, 0) is 96.3 Å². The second-order valence-corrected chi connectivity index (χ2v) is 28.4. The molecule has 0 aromatic rings. The van der Waals surface area contributed by atoms with Gasteiger partial charge in [0.2, 0.25) is 5.91 Å². The van der Waals surface area contributed by atoms with E-state index in [9.17, 15) is 19.8 Å². The van der Waals surface area contributed by atoms with Gasteiger partial charge in [-0.1, -0.05) is 402 Å². The van der Waals surface area contributed by atoms with Crippen LogP contribution in [0, 0.1) is 0 Å². The number of aliphatic hydroxyl groups excluding tert-OH is 2. The molecule has 0 saturated heterocycles. The molecule has 0 aliphatic rings. The Hall–Kier alpha value is -2.44. The van der Waals surface area contributed by atoms with E-state index in [1.54, 1.807) is 6.08 Å². The standard InChI is InChI=1S/C86H161NO5/c1-3-5-7-9-11-13-15-17-19-21-22-23-37-40-43-47-50-54-58-62-66-70-74-78-84(89)83(82-88)87-85(90)79-75-71-67-63-59-55-51-48-44-41-38-35-33-31-29-27-25-24-26-28-30-32-34-36-39-42-45-49-53-57-61-65-69-73-77-81-92-86(91)80-76-72-68-64-60-56-52-46-20-18-16-14-12-10-8-6-4-2/h12,14,18,20,26,28,32,34,74,78,83-84,88-89H,3-11,13,15-17,19,21-25,27,29-31,33,35-73,75-77,79-82H2,1-2H3,(H,87,90)/b14-12-,20-18-,28-26-,34-32-,78-74+. The monoisotopic (exact) mass is 1290 g/mol. The molecule has 0 fully saturated rings. The molecular formula is C86H161NO5. The SMILES string of the molecule is CCCCC/C=C\C/C=C\CCCCCCCCCC(=O)OCCCCCCCCCCCCC/C=C\C/C=C\CCCCCCCCCCCCCCCCCCCC(=O)NC(CO)C(O)/C=C/CCCCCCCCCCCCCCCCCCCCCCC. The molecule has 0 aromatic carbocycles. The van der Waals surface area contributed by atoms with Crippen molar-refractivity contribution in [2.24, 2.45) is 0 Å². The van der Waals surface area contributed by atoms with Crippen molar-refractivity contribution in [3.05, 3.63) is 60.8 Å². The highest BCUT2D eigenvalue weighted by Gasteiger charge is 2.18. The molecule has 0 rings (SSSR count). The lowest BCUT2D eigenvalue weighted by Crippen LogP contribution is -2.45. The van der Waals surface area contributed by atoms with Gasteiger partial charge in [0.15, 0.2) is 0 Å². The molecule has 0 saturated carbocycles. The molecule has 0 aliphatic heterocycles. The summed E-state index contributed by atoms with van der Waals surface area (Å²) in [6.45, 7) is 4.92. The van der Waals surface area contributed by atoms with Crippen LogP contribution in [0.1, 0.15) is 450 Å². The molecule has 0 heterocycles. The van der Waals surface area contributed by atoms with Gasteiger partial charge in [-0.15, -0.1) is 0 Å². The Labute approximate surface area is 575 Å². The zero-order valence-electron chi connectivity index (χ0n) is 62.0. The van der Waals surface area contributed by atoms with Gasteiger partial charge < -0.3 is 20.3 Å². The summed E-state index contributed by atoms with van der Waals surface area (Å²) in [6, 6.07) is -0.628. The normalized spacial score (nSPS) is 12.8. The number of unbranched alkanes of at least 4 members (excludes halogenated alkanes) is 59. The van der Waals surface area contributed by atoms with E-state index in [0.29, 0.717) is 19.4 Å². The zero-order chi connectivity index (χ0) is 66.3. The summed E-state index contributed by atoms with van der Waals surface area (Å²) in [5, 5.41) is 23.3. The summed E-state index contributed by atoms with van der Waals surface area (Å²) >= 11 is 0. The van der Waals surface area contributed by atoms with Gasteiger partial charge in [-0.3, -0.25) is 9.59 Å². The van der Waals surface area contributed by atoms with Crippen molar-refractivity contribution in [2.45, 2.75) is 463 Å². The van der Waals surface area contributed by atoms with Crippen molar-refractivity contribution in [3.8, 4) is 0 Å². The first-order chi connectivity index (χ1) is 45.5. The van der Waals surface area contributed by atoms with Crippen molar-refractivity contribution >= 4 is 11.9 Å². The van der Waals surface area contributed by atoms with E-state index >= 15 is 0 Å². The fourth-order valence-electron chi connectivity index (χ4n) is 12.9. The highest BCUT2D eigenvalue weighted by molar-refractivity contribution is 5.76. The van der Waals surface area contributed by atoms with Gasteiger partial charge >= 0.3 is 5.97 Å². The Morgan fingerprint density at radius 2 is 0.543 bits per heavy atom. The maximum absolute atomic E-state index is 12.6. The third kappa shape index (κ3) is 76.6. The molecule has 0 bridgehead atoms. The number of amides is 1. The average Bonchev–Trinajstić information content (AvgIpc) is 3.62. The minimum Gasteiger partial charge on any atom is -0.466 e. The number of nitrogens with one attached hydrogen (secondary N) is 1. The van der Waals surface area contributed by atoms with Crippen molar-refractivity contribution in [1.82, 2.24) is 5.32 Å². The molecule has 0 radical (unpaired) electrons. The van der Waals surface area contributed by atoms with E-state index in [1.165, 1.54) is 366 Å². The predicted octanol–water partition coefficient (Wildman–Crippen LogP) is 27.7. The maximum Gasteiger partial charge on any atom is 0.305 e. The number of aliphatic hydroxyl groups is 2. The van der Waals surface area contributed by atoms with Crippen LogP contribution in [0.25, 0.3) is 0 Å². The van der Waals surface area contributed by atoms with E-state index in [4.69, 9.17) is 4.74 Å². The Bertz CT molecular complexity index is 1580. The van der Waals surface area contributed by atoms with Gasteiger partial charge in [-0.2, -0.15) is 0 Å². The molecule has 0 aliphatic carbocycles. The van der Waals surface area contributed by atoms with Crippen LogP contribution >= 0.6 is 0 Å². The molecular weight excluding hydrogens is 1130 g/mol. The van der Waals surface area contributed by atoms with E-state index in [0.717, 1.165) is 57.8 Å². The van der Waals surface area contributed by atoms with Crippen LogP contribution in [-0.4, -0.2) is 47.4 Å². The average molecular weight is 1290 g/mol. The number of carbonyl (C=O) groups excluding carboxylic acids is 2. The summed E-state index contributed by atoms with van der Waals surface area (Å²) in [5.41, 5.74) is 0. The topological polar surface area (TPSA) is 95.9 Å². The lowest BCUT2D eigenvalue weighted by molar-refractivity contribution is -0.143. The molecule has 6 nitrogen and oxygen atoms in total. The van der Waals surface area contributed by atoms with Crippen molar-refractivity contribution in [3.63, 3.8) is 0 Å². The molecule has 0 spiro atoms. The van der Waals surface area contributed by atoms with E-state index in [-0.39, 0.29) is 18.5 Å². The van der Waals surface area contributed by atoms with Gasteiger partial charge in [-0.25, -0.2) is 0 Å². The van der Waals surface area contributed by atoms with Crippen LogP contribution in [0.2, 0.25) is 0 Å². The van der Waals surface area contributed by atoms with E-state index in [2.05, 4.69) is 67.8 Å². The number of ether oxygens (including phenoxy) is 1. The first kappa shape index (κ1) is 89.6. The van der Waals surface area contributed by atoms with Crippen molar-refractivity contribution in [2.75, 3.05) is 13.2 Å². The highest BCUT2D eigenvalue weighted by Crippen LogP contribution is 2.20. The third-order valence-corrected chi connectivity index (χ3v) is 19.3. The predicted molar refractivity (Wildman–Crippen MR) is 407 cm³/mol. The van der Waals surface area contributed by atoms with Crippen molar-refractivity contribution in [1.29, 1.82) is 0 Å². The van der Waals surface area contributed by atoms with Crippen LogP contribution in [-0.2, 0) is 14.3 Å². The van der Waals surface area contributed by atoms with Gasteiger partial charge in [0, 0.05) is 12.8 Å². The fourth-order valence-corrected chi connectivity index (χ4v) is 12.9. The molecule has 2 atom stereocenters. The van der Waals surface area contributed by atoms with E-state index < -0.39 is 12.1 Å². The second kappa shape index (κ2) is 81.0. The van der Waals surface area contributed by atoms with E-state index in [1.807, 2.05) is 6.08 Å². The van der Waals surface area contributed by atoms with Gasteiger partial charge in [0.25, 0.3) is 0 Å². The molecule has 6 heteroatoms. The number of rotatable bonds is 78. The Balaban J connectivity index is 3.40. The van der Waals surface area contributed by atoms with Crippen LogP contribution < -0.4 is 5.32 Å². The lowest BCUT2D eigenvalue weighted by Gasteiger charge is -2.20. The van der Waals surface area contributed by atoms with Crippen LogP contribution in [0.15, 0.2) is 60.8 Å². The molecule has 1 amide bonds. The third-order valence-electron chi connectivity index (χ3n) is 19.3. The Kier molecular flexibility index (Phi) is 78.8. The Morgan fingerprint density at radius 1 is 0.304 bits per heavy atom. The Morgan fingerprint density at radius 3 is 0.848 bits per heavy atom. The van der Waals surface area contributed by atoms with Crippen LogP contribution in [0.5, 0.6) is 0 Å². The quantitative estimate of drug-likeness (QED) is 0.0320. The summed E-state index contributed by atoms with van der Waals surface area (Å²) < 4.78 is 5.50. The summed E-state index contributed by atoms with van der Waals surface area (Å²) in [4.78, 5) is 24.7. The summed E-state index contributed by atoms with van der Waals surface area (Å²) in [5.74, 6) is -0.0521. The molecule has 92 heavy (non-hydrogen) atoms. The molecule has 2 unspecified atom stereocenters. The zero-order valence-corrected chi connectivity index (χ0v) is 62.0. The number of hydrogen-bond acceptors (Lipinski definition) is 5. The first-order valence-corrected chi connectivity index (χ1v) is 41.6. The molecule has 540 valence electrons. The number of hydrogen-bond donors (Lipinski definition) is 3. The van der Waals surface area contributed by atoms with Gasteiger partial charge in [0.1, 0.15) is 0 Å². The number of esters is 1. The second-order valence-electron chi connectivity index (χ2n) is 28.4. The lowest BCUT2D eigenvalue weighted by atomic mass is 10.0. The summed E-state index contributed by atoms with van der Waals surface area (Å²) in [6.07, 6.45) is 109. The highest BCUT2D eigenvalue weighted by atomic mass is 16.5.